The highest BCUT2D eigenvalue weighted by atomic mass is 16.5. The van der Waals surface area contributed by atoms with Crippen LogP contribution in [0.2, 0.25) is 0 Å². The van der Waals surface area contributed by atoms with Gasteiger partial charge in [0.1, 0.15) is 23.0 Å². The molecule has 4 nitrogen and oxygen atoms in total. The minimum Gasteiger partial charge on any atom is -0.456 e. The van der Waals surface area contributed by atoms with Crippen molar-refractivity contribution in [3.8, 4) is 89.8 Å². The Morgan fingerprint density at radius 3 is 0.819 bits per heavy atom. The topological polar surface area (TPSA) is 24.9 Å². The van der Waals surface area contributed by atoms with Crippen molar-refractivity contribution in [2.24, 2.45) is 0 Å². The molecule has 0 saturated heterocycles. The molecule has 0 N–H and O–H groups in total. The van der Waals surface area contributed by atoms with E-state index in [0.29, 0.717) is 0 Å². The molecule has 20 rings (SSSR count). The van der Waals surface area contributed by atoms with Gasteiger partial charge in [0.25, 0.3) is 0 Å². The lowest BCUT2D eigenvalue weighted by Crippen LogP contribution is -2.55. The number of ether oxygens (including phenoxy) is 2. The molecule has 2 aliphatic heterocycles. The fourth-order valence-corrected chi connectivity index (χ4v) is 18.3. The molecule has 0 unspecified atom stereocenters. The Balaban J connectivity index is 0.000000156. The van der Waals surface area contributed by atoms with Crippen LogP contribution in [0.4, 0.5) is 34.1 Å². The molecule has 2 aliphatic rings. The maximum atomic E-state index is 6.78. The normalized spacial score (nSPS) is 11.5. The first-order valence-electron chi connectivity index (χ1n) is 40.2. The van der Waals surface area contributed by atoms with Gasteiger partial charge in [-0.25, -0.2) is 0 Å². The molecule has 18 aromatic carbocycles. The highest BCUT2D eigenvalue weighted by Crippen LogP contribution is 2.52. The maximum Gasteiger partial charge on any atom is 0.242 e. The van der Waals surface area contributed by atoms with Gasteiger partial charge in [-0.05, 0) is 217 Å². The van der Waals surface area contributed by atoms with Gasteiger partial charge in [-0.2, -0.15) is 0 Å². The lowest BCUT2D eigenvalue weighted by molar-refractivity contribution is 0.487. The van der Waals surface area contributed by atoms with E-state index in [4.69, 9.17) is 9.47 Å². The van der Waals surface area contributed by atoms with E-state index in [-0.39, 0.29) is 13.4 Å². The fourth-order valence-electron chi connectivity index (χ4n) is 18.3. The SMILES string of the molecule is Cc1cc(C)c(B(c2ccc(-c3ccc4c5c(cccc35)Oc3cc(-c5ccc(N(c6ccccc6)c6ccccc6)cc5)ccc3-4)cc2)c2c(C)cc(C)cc2C)c(C)c1.c1ccc(B(c2ccccc2)c2ccc(-c3ccc4c5c(cccc35)Oc3cc(-c5ccc(N(c6ccccc6)c6ccccc6)cc5)ccc3-4)cc2)cc1. The molecule has 2 heterocycles. The van der Waals surface area contributed by atoms with Crippen LogP contribution >= 0.6 is 0 Å². The van der Waals surface area contributed by atoms with Crippen molar-refractivity contribution in [3.05, 3.63) is 434 Å². The van der Waals surface area contributed by atoms with E-state index >= 15 is 0 Å². The molecule has 116 heavy (non-hydrogen) atoms. The second-order valence-corrected chi connectivity index (χ2v) is 31.0. The number of anilines is 6. The zero-order valence-corrected chi connectivity index (χ0v) is 66.0. The summed E-state index contributed by atoms with van der Waals surface area (Å²) in [5.74, 6) is 3.54. The average Bonchev–Trinajstić information content (AvgIpc) is 0.554. The first-order valence-corrected chi connectivity index (χ1v) is 40.2. The Morgan fingerprint density at radius 2 is 0.474 bits per heavy atom. The van der Waals surface area contributed by atoms with Crippen molar-refractivity contribution in [3.63, 3.8) is 0 Å². The number of para-hydroxylation sites is 4. The zero-order chi connectivity index (χ0) is 78.3. The summed E-state index contributed by atoms with van der Waals surface area (Å²) in [5.41, 5.74) is 36.6. The molecule has 0 aliphatic carbocycles. The van der Waals surface area contributed by atoms with Crippen molar-refractivity contribution in [1.29, 1.82) is 0 Å². The van der Waals surface area contributed by atoms with Crippen LogP contribution in [0.1, 0.15) is 33.4 Å². The molecule has 0 amide bonds. The average molecular weight is 1490 g/mol. The van der Waals surface area contributed by atoms with Crippen LogP contribution in [0.3, 0.4) is 0 Å². The molecule has 6 heteroatoms. The van der Waals surface area contributed by atoms with Crippen LogP contribution in [-0.4, -0.2) is 13.4 Å². The number of fused-ring (bicyclic) bond motifs is 4. The summed E-state index contributed by atoms with van der Waals surface area (Å²) >= 11 is 0. The van der Waals surface area contributed by atoms with E-state index in [1.54, 1.807) is 0 Å². The first-order chi connectivity index (χ1) is 57.0. The molecule has 552 valence electrons. The fraction of sp³-hybridized carbons (Fsp3) is 0.0545. The second-order valence-electron chi connectivity index (χ2n) is 31.0. The van der Waals surface area contributed by atoms with Gasteiger partial charge in [-0.3, -0.25) is 0 Å². The van der Waals surface area contributed by atoms with Gasteiger partial charge in [0, 0.05) is 56.0 Å². The minimum atomic E-state index is 0.137. The Kier molecular flexibility index (Phi) is 19.3. The van der Waals surface area contributed by atoms with Crippen molar-refractivity contribution in [1.82, 2.24) is 0 Å². The third kappa shape index (κ3) is 13.8. The summed E-state index contributed by atoms with van der Waals surface area (Å²) in [5, 5.41) is 4.70. The highest BCUT2D eigenvalue weighted by molar-refractivity contribution is 6.97. The van der Waals surface area contributed by atoms with Crippen molar-refractivity contribution in [2.45, 2.75) is 41.5 Å². The van der Waals surface area contributed by atoms with Crippen LogP contribution in [0.5, 0.6) is 23.0 Å². The molecule has 0 spiro atoms. The van der Waals surface area contributed by atoms with E-state index in [2.05, 4.69) is 452 Å². The van der Waals surface area contributed by atoms with Crippen molar-refractivity contribution in [2.75, 3.05) is 9.80 Å². The number of rotatable bonds is 16. The Morgan fingerprint density at radius 1 is 0.198 bits per heavy atom. The molecule has 0 aromatic heterocycles. The Labute approximate surface area is 681 Å². The second kappa shape index (κ2) is 31.1. The van der Waals surface area contributed by atoms with Crippen LogP contribution in [0.25, 0.3) is 88.3 Å². The van der Waals surface area contributed by atoms with Gasteiger partial charge in [-0.15, -0.1) is 0 Å². The third-order valence-electron chi connectivity index (χ3n) is 23.4. The monoisotopic (exact) mass is 1490 g/mol. The van der Waals surface area contributed by atoms with Gasteiger partial charge >= 0.3 is 0 Å². The lowest BCUT2D eigenvalue weighted by Gasteiger charge is -2.26. The summed E-state index contributed by atoms with van der Waals surface area (Å²) in [6.45, 7) is 13.8. The lowest BCUT2D eigenvalue weighted by atomic mass is 9.34. The van der Waals surface area contributed by atoms with Crippen LogP contribution in [-0.2, 0) is 0 Å². The Hall–Kier alpha value is -14.2. The smallest absolute Gasteiger partial charge is 0.242 e. The van der Waals surface area contributed by atoms with Gasteiger partial charge in [0.05, 0.1) is 0 Å². The molecule has 18 aromatic rings. The van der Waals surface area contributed by atoms with Crippen molar-refractivity contribution >= 4 is 102 Å². The molecule has 0 fully saturated rings. The van der Waals surface area contributed by atoms with E-state index in [9.17, 15) is 0 Å². The molecule has 0 saturated carbocycles. The summed E-state index contributed by atoms with van der Waals surface area (Å²) < 4.78 is 13.5. The molecular weight excluding hydrogens is 1400 g/mol. The predicted molar refractivity (Wildman–Crippen MR) is 494 cm³/mol. The van der Waals surface area contributed by atoms with E-state index in [1.807, 2.05) is 0 Å². The highest BCUT2D eigenvalue weighted by Gasteiger charge is 2.31. The number of hydrogen-bond acceptors (Lipinski definition) is 4. The molecule has 0 bridgehead atoms. The third-order valence-corrected chi connectivity index (χ3v) is 23.4. The number of hydrogen-bond donors (Lipinski definition) is 0. The van der Waals surface area contributed by atoms with Gasteiger partial charge in [0.2, 0.25) is 13.4 Å². The van der Waals surface area contributed by atoms with E-state index in [0.717, 1.165) is 101 Å². The quantitative estimate of drug-likeness (QED) is 0.0900. The largest absolute Gasteiger partial charge is 0.456 e. The van der Waals surface area contributed by atoms with E-state index < -0.39 is 0 Å². The maximum absolute atomic E-state index is 6.78. The Bertz CT molecular complexity index is 6440. The predicted octanol–water partition coefficient (Wildman–Crippen LogP) is 25.7. The minimum absolute atomic E-state index is 0.137. The number of nitrogens with zero attached hydrogens (tertiary/aromatic N) is 2. The van der Waals surface area contributed by atoms with Crippen LogP contribution in [0, 0.1) is 41.5 Å². The van der Waals surface area contributed by atoms with Crippen LogP contribution in [0.15, 0.2) is 400 Å². The molecule has 0 atom stereocenters. The zero-order valence-electron chi connectivity index (χ0n) is 66.0. The number of aryl methyl sites for hydroxylation is 6. The summed E-state index contributed by atoms with van der Waals surface area (Å²) in [6.07, 6.45) is 0. The summed E-state index contributed by atoms with van der Waals surface area (Å²) in [4.78, 5) is 4.57. The summed E-state index contributed by atoms with van der Waals surface area (Å²) in [6, 6.07) is 144. The summed E-state index contributed by atoms with van der Waals surface area (Å²) in [7, 11) is 0. The van der Waals surface area contributed by atoms with Gasteiger partial charge in [0.15, 0.2) is 0 Å². The van der Waals surface area contributed by atoms with Crippen LogP contribution < -0.4 is 52.1 Å². The first kappa shape index (κ1) is 72.1. The van der Waals surface area contributed by atoms with Gasteiger partial charge < -0.3 is 19.3 Å². The molecule has 0 radical (unpaired) electrons. The van der Waals surface area contributed by atoms with Gasteiger partial charge in [-0.1, -0.05) is 357 Å². The number of benzene rings is 18. The molecular formula is C110H84B2N2O2. The van der Waals surface area contributed by atoms with Crippen molar-refractivity contribution < 1.29 is 9.47 Å². The standard InChI is InChI=1S/C58H48BNO.C52H36BNO/c1-37-32-39(3)57(40(4)33-37)59(58-41(5)34-38(2)35-42(58)6)46-25-20-44(21-26-46)50-30-31-53-51-29-24-45(36-55(51)61-54-19-13-18-52(50)56(53)54)43-22-27-49(28-23-43)60(47-14-9-7-10-15-47)48-16-11-8-12-17-48;1-5-14-40(15-6-1)53(41-16-7-2-8-17-41)42-29-24-38(25-30-42)46-34-35-49-47-33-28-39(36-51(47)55-50-23-13-22-48(46)52(49)50)37-26-31-45(32-27-37)54(43-18-9-3-10-19-43)44-20-11-4-12-21-44/h7-36H,1-6H3;1-36H. The van der Waals surface area contributed by atoms with E-state index in [1.165, 1.54) is 110 Å².